The molecule has 0 aliphatic heterocycles. The van der Waals surface area contributed by atoms with Crippen molar-refractivity contribution in [2.75, 3.05) is 6.26 Å². The molecule has 30 valence electrons. The van der Waals surface area contributed by atoms with Crippen LogP contribution in [0.5, 0.6) is 0 Å². The summed E-state index contributed by atoms with van der Waals surface area (Å²) in [6, 6.07) is 0. The normalized spacial score (nSPS) is 11.0. The van der Waals surface area contributed by atoms with E-state index < -0.39 is 0 Å². The molecule has 0 radical (unpaired) electrons. The van der Waals surface area contributed by atoms with Crippen LogP contribution < -0.4 is 0 Å². The molecule has 0 aromatic carbocycles. The molecule has 4 heteroatoms. The summed E-state index contributed by atoms with van der Waals surface area (Å²) in [6.07, 6.45) is 1.99. The van der Waals surface area contributed by atoms with Gasteiger partial charge in [-0.1, -0.05) is 19.9 Å². The van der Waals surface area contributed by atoms with Crippen molar-refractivity contribution in [3.8, 4) is 0 Å². The Labute approximate surface area is 43.6 Å². The smallest absolute Gasteiger partial charge is 0.0224 e. The van der Waals surface area contributed by atoms with Crippen molar-refractivity contribution >= 4 is 36.9 Å². The van der Waals surface area contributed by atoms with E-state index >= 15 is 0 Å². The Balaban J connectivity index is 3.23. The van der Waals surface area contributed by atoms with Gasteiger partial charge in [0.2, 0.25) is 0 Å². The van der Waals surface area contributed by atoms with E-state index in [0.29, 0.717) is 0 Å². The third-order valence-electron chi connectivity index (χ3n) is 0.166. The highest BCUT2D eigenvalue weighted by Gasteiger charge is 1.58. The van der Waals surface area contributed by atoms with Crippen molar-refractivity contribution in [2.45, 2.75) is 0 Å². The molecule has 0 aromatic rings. The third-order valence-corrected chi connectivity index (χ3v) is 4.48. The van der Waals surface area contributed by atoms with E-state index in [1.165, 1.54) is 0 Å². The van der Waals surface area contributed by atoms with E-state index in [2.05, 4.69) is 8.53 Å². The van der Waals surface area contributed by atoms with Gasteiger partial charge in [-0.05, 0) is 18.1 Å². The summed E-state index contributed by atoms with van der Waals surface area (Å²) < 4.78 is 0. The minimum Gasteiger partial charge on any atom is -0.0956 e. The van der Waals surface area contributed by atoms with Crippen LogP contribution in [0.1, 0.15) is 0 Å². The highest BCUT2D eigenvalue weighted by atomic mass is 33.0. The zero-order chi connectivity index (χ0) is 4.28. The van der Waals surface area contributed by atoms with Crippen LogP contribution in [0.3, 0.4) is 0 Å². The largest absolute Gasteiger partial charge is 0.0956 e. The Bertz CT molecular complexity index is 65.7. The van der Waals surface area contributed by atoms with Crippen molar-refractivity contribution in [1.82, 2.24) is 0 Å². The minimum absolute atomic E-state index is 0.293. The Morgan fingerprint density at radius 2 is 2.20 bits per heavy atom. The molecular weight excluding hydrogens is 138 g/mol. The first kappa shape index (κ1) is 6.17. The molecule has 0 nitrogen and oxygen atoms in total. The van der Waals surface area contributed by atoms with Crippen molar-refractivity contribution in [3.63, 3.8) is 0 Å². The van der Waals surface area contributed by atoms with Gasteiger partial charge in [0, 0.05) is 5.19 Å². The highest BCUT2D eigenvalue weighted by Crippen LogP contribution is 2.27. The van der Waals surface area contributed by atoms with Crippen LogP contribution in [0.2, 0.25) is 0 Å². The summed E-state index contributed by atoms with van der Waals surface area (Å²) in [5.41, 5.74) is 0. The topological polar surface area (TPSA) is 0 Å². The molecule has 0 aliphatic rings. The Kier molecular flexibility index (Phi) is 4.15. The first-order valence-electron chi connectivity index (χ1n) is 0.997. The van der Waals surface area contributed by atoms with Gasteiger partial charge in [0.25, 0.3) is 0 Å². The van der Waals surface area contributed by atoms with Gasteiger partial charge < -0.3 is 0 Å². The van der Waals surface area contributed by atoms with E-state index in [9.17, 15) is 0 Å². The molecule has 0 N–H and O–H groups in total. The SMILES string of the molecule is CSP(=P)=S. The second-order valence-corrected chi connectivity index (χ2v) is 8.59. The zero-order valence-corrected chi connectivity index (χ0v) is 6.29. The van der Waals surface area contributed by atoms with E-state index in [1.807, 2.05) is 6.26 Å². The van der Waals surface area contributed by atoms with Crippen LogP contribution in [0.15, 0.2) is 0 Å². The quantitative estimate of drug-likeness (QED) is 0.515. The standard InChI is InChI=1S/CH4P2S2/c1-5-3(2)4/h2H,1H3. The summed E-state index contributed by atoms with van der Waals surface area (Å²) >= 11 is 6.39. The fourth-order valence-electron chi connectivity index (χ4n) is 0. The predicted octanol–water partition coefficient (Wildman–Crippen LogP) is 2.27. The van der Waals surface area contributed by atoms with Gasteiger partial charge in [-0.15, -0.1) is 0 Å². The van der Waals surface area contributed by atoms with Gasteiger partial charge in [-0.25, -0.2) is 0 Å². The molecule has 0 bridgehead atoms. The molecule has 0 amide bonds. The molecule has 0 aromatic heterocycles. The maximum atomic E-state index is 4.72. The van der Waals surface area contributed by atoms with Crippen LogP contribution >= 0.6 is 25.1 Å². The van der Waals surface area contributed by atoms with Crippen molar-refractivity contribution < 1.29 is 0 Å². The summed E-state index contributed by atoms with van der Waals surface area (Å²) in [7, 11) is 3.26. The molecule has 0 heterocycles. The van der Waals surface area contributed by atoms with E-state index in [0.717, 1.165) is 0 Å². The summed E-state index contributed by atoms with van der Waals surface area (Å²) in [5, 5.41) is -0.293. The summed E-state index contributed by atoms with van der Waals surface area (Å²) in [6.45, 7) is 0. The van der Waals surface area contributed by atoms with Crippen molar-refractivity contribution in [3.05, 3.63) is 0 Å². The van der Waals surface area contributed by atoms with Crippen LogP contribution in [0.4, 0.5) is 0 Å². The molecule has 5 heavy (non-hydrogen) atoms. The molecule has 0 rings (SSSR count). The first-order valence-corrected chi connectivity index (χ1v) is 6.52. The molecule has 1 atom stereocenters. The molecule has 0 fully saturated rings. The molecule has 0 saturated heterocycles. The lowest BCUT2D eigenvalue weighted by Gasteiger charge is -1.65. The first-order chi connectivity index (χ1) is 2.27. The maximum Gasteiger partial charge on any atom is 0.0224 e. The van der Waals surface area contributed by atoms with Gasteiger partial charge in [0.05, 0.1) is 0 Å². The van der Waals surface area contributed by atoms with E-state index in [4.69, 9.17) is 11.8 Å². The van der Waals surface area contributed by atoms with E-state index in [1.54, 1.807) is 11.4 Å². The summed E-state index contributed by atoms with van der Waals surface area (Å²) in [5.74, 6) is 0. The Morgan fingerprint density at radius 3 is 2.20 bits per heavy atom. The second-order valence-electron chi connectivity index (χ2n) is 0.440. The monoisotopic (exact) mass is 142 g/mol. The summed E-state index contributed by atoms with van der Waals surface area (Å²) in [4.78, 5) is 0. The van der Waals surface area contributed by atoms with Crippen LogP contribution in [-0.4, -0.2) is 6.26 Å². The molecule has 0 aliphatic carbocycles. The number of hydrogen-bond acceptors (Lipinski definition) is 2. The molecule has 0 saturated carbocycles. The van der Waals surface area contributed by atoms with Crippen molar-refractivity contribution in [2.24, 2.45) is 0 Å². The number of hydrogen-bond donors (Lipinski definition) is 0. The number of rotatable bonds is 1. The van der Waals surface area contributed by atoms with Crippen LogP contribution in [-0.2, 0) is 11.8 Å². The minimum atomic E-state index is -0.293. The predicted molar refractivity (Wildman–Crippen MR) is 36.1 cm³/mol. The molecule has 0 spiro atoms. The third kappa shape index (κ3) is 5.17. The maximum absolute atomic E-state index is 4.72. The van der Waals surface area contributed by atoms with Gasteiger partial charge in [-0.3, -0.25) is 0 Å². The van der Waals surface area contributed by atoms with E-state index in [-0.39, 0.29) is 5.19 Å². The van der Waals surface area contributed by atoms with Gasteiger partial charge >= 0.3 is 0 Å². The van der Waals surface area contributed by atoms with Crippen molar-refractivity contribution in [1.29, 1.82) is 0 Å². The molecular formula is CH4P2S2. The molecule has 1 unspecified atom stereocenters. The lowest BCUT2D eigenvalue weighted by molar-refractivity contribution is 2.54. The van der Waals surface area contributed by atoms with Gasteiger partial charge in [0.15, 0.2) is 0 Å². The Hall–Kier alpha value is 1.17. The van der Waals surface area contributed by atoms with Crippen LogP contribution in [0.25, 0.3) is 0 Å². The Morgan fingerprint density at radius 1 is 2.00 bits per heavy atom. The lowest BCUT2D eigenvalue weighted by Crippen LogP contribution is -1.15. The average molecular weight is 142 g/mol. The zero-order valence-electron chi connectivity index (χ0n) is 2.76. The highest BCUT2D eigenvalue weighted by molar-refractivity contribution is 8.68. The van der Waals surface area contributed by atoms with Gasteiger partial charge in [0.1, 0.15) is 0 Å². The van der Waals surface area contributed by atoms with Gasteiger partial charge in [-0.2, -0.15) is 0 Å². The van der Waals surface area contributed by atoms with Crippen LogP contribution in [0, 0.1) is 0 Å². The fraction of sp³-hybridized carbons (Fsp3) is 1.00. The lowest BCUT2D eigenvalue weighted by atomic mass is 12.0. The average Bonchev–Trinajstić information content (AvgIpc) is 1.38. The second kappa shape index (κ2) is 3.36. The fourth-order valence-corrected chi connectivity index (χ4v) is 0.